The summed E-state index contributed by atoms with van der Waals surface area (Å²) in [5.74, 6) is 0.221. The average Bonchev–Trinajstić information content (AvgIpc) is 2.56. The minimum atomic E-state index is -0.172. The van der Waals surface area contributed by atoms with Crippen LogP contribution in [0.4, 0.5) is 0 Å². The Bertz CT molecular complexity index is 662. The molecule has 0 atom stereocenters. The summed E-state index contributed by atoms with van der Waals surface area (Å²) in [6.45, 7) is 1.68. The summed E-state index contributed by atoms with van der Waals surface area (Å²) in [5.41, 5.74) is 1.59. The highest BCUT2D eigenvalue weighted by Crippen LogP contribution is 2.09. The summed E-state index contributed by atoms with van der Waals surface area (Å²) in [4.78, 5) is 12.6. The largest absolute Gasteiger partial charge is 0.483 e. The minimum Gasteiger partial charge on any atom is -0.483 e. The first-order valence-electron chi connectivity index (χ1n) is 6.54. The van der Waals surface area contributed by atoms with Gasteiger partial charge >= 0.3 is 0 Å². The molecule has 2 rings (SSSR count). The Kier molecular flexibility index (Phi) is 4.99. The van der Waals surface area contributed by atoms with Gasteiger partial charge in [0.1, 0.15) is 5.71 Å². The van der Waals surface area contributed by atoms with E-state index in [2.05, 4.69) is 10.2 Å². The van der Waals surface area contributed by atoms with Gasteiger partial charge in [0, 0.05) is 18.1 Å². The molecule has 0 unspecified atom stereocenters. The van der Waals surface area contributed by atoms with E-state index in [1.807, 2.05) is 48.5 Å². The van der Waals surface area contributed by atoms with Crippen LogP contribution in [0.5, 0.6) is 0 Å². The van der Waals surface area contributed by atoms with Crippen LogP contribution in [-0.4, -0.2) is 24.5 Å². The number of Topliss-reactive ketones (excluding diaryl/α,β-unsaturated/α-hetero) is 1. The minimum absolute atomic E-state index is 0.172. The third-order valence-corrected chi connectivity index (χ3v) is 2.88. The number of ketones is 1. The topological polar surface area (TPSA) is 51.0 Å². The van der Waals surface area contributed by atoms with Crippen LogP contribution in [0.25, 0.3) is 0 Å². The third-order valence-electron chi connectivity index (χ3n) is 2.88. The maximum absolute atomic E-state index is 12.6. The number of hydrogen-bond donors (Lipinski definition) is 0. The van der Waals surface area contributed by atoms with E-state index in [-0.39, 0.29) is 5.78 Å². The number of ether oxygens (including phenoxy) is 1. The third kappa shape index (κ3) is 3.86. The average molecular weight is 280 g/mol. The lowest BCUT2D eigenvalue weighted by Gasteiger charge is -2.04. The van der Waals surface area contributed by atoms with Crippen molar-refractivity contribution in [1.29, 1.82) is 0 Å². The van der Waals surface area contributed by atoms with Gasteiger partial charge in [-0.1, -0.05) is 60.7 Å². The normalized spacial score (nSPS) is 12.1. The number of carbonyl (C=O) groups excluding carboxylic acids is 1. The van der Waals surface area contributed by atoms with Gasteiger partial charge in [0.2, 0.25) is 11.7 Å². The summed E-state index contributed by atoms with van der Waals surface area (Å²) >= 11 is 0. The first kappa shape index (κ1) is 14.7. The number of nitrogens with zero attached hydrogens (tertiary/aromatic N) is 2. The van der Waals surface area contributed by atoms with E-state index < -0.39 is 0 Å². The Balaban J connectivity index is 2.44. The first-order valence-corrected chi connectivity index (χ1v) is 6.54. The number of carbonyl (C=O) groups is 1. The smallest absolute Gasteiger partial charge is 0.213 e. The van der Waals surface area contributed by atoms with E-state index in [9.17, 15) is 4.79 Å². The molecule has 2 aromatic rings. The van der Waals surface area contributed by atoms with Gasteiger partial charge in [-0.15, -0.1) is 10.2 Å². The van der Waals surface area contributed by atoms with Gasteiger partial charge in [0.05, 0.1) is 7.11 Å². The molecule has 0 aliphatic carbocycles. The van der Waals surface area contributed by atoms with E-state index in [4.69, 9.17) is 4.74 Å². The van der Waals surface area contributed by atoms with Crippen molar-refractivity contribution in [3.05, 3.63) is 71.8 Å². The van der Waals surface area contributed by atoms with Crippen LogP contribution in [-0.2, 0) is 4.74 Å². The predicted octanol–water partition coefficient (Wildman–Crippen LogP) is 3.34. The Morgan fingerprint density at radius 3 is 1.90 bits per heavy atom. The van der Waals surface area contributed by atoms with Crippen LogP contribution < -0.4 is 0 Å². The van der Waals surface area contributed by atoms with Gasteiger partial charge in [-0.3, -0.25) is 4.79 Å². The van der Waals surface area contributed by atoms with Gasteiger partial charge in [0.25, 0.3) is 0 Å². The molecule has 0 radical (unpaired) electrons. The molecule has 2 aromatic carbocycles. The first-order chi connectivity index (χ1) is 10.2. The Morgan fingerprint density at radius 2 is 1.38 bits per heavy atom. The van der Waals surface area contributed by atoms with E-state index >= 15 is 0 Å². The Hall–Kier alpha value is -2.75. The van der Waals surface area contributed by atoms with Crippen LogP contribution in [0.2, 0.25) is 0 Å². The van der Waals surface area contributed by atoms with Crippen LogP contribution in [0.1, 0.15) is 22.8 Å². The predicted molar refractivity (Wildman–Crippen MR) is 83.9 cm³/mol. The maximum atomic E-state index is 12.6. The van der Waals surface area contributed by atoms with E-state index in [0.717, 1.165) is 5.56 Å². The molecule has 0 spiro atoms. The fourth-order valence-electron chi connectivity index (χ4n) is 1.72. The second-order valence-electron chi connectivity index (χ2n) is 4.33. The zero-order valence-corrected chi connectivity index (χ0v) is 12.0. The van der Waals surface area contributed by atoms with E-state index in [1.165, 1.54) is 7.11 Å². The van der Waals surface area contributed by atoms with Crippen molar-refractivity contribution in [2.24, 2.45) is 10.2 Å². The zero-order chi connectivity index (χ0) is 15.1. The SMILES string of the molecule is CO/C(C)=N\N=C(\C(=O)c1ccccc1)c1ccccc1. The summed E-state index contributed by atoms with van der Waals surface area (Å²) in [5, 5.41) is 8.00. The van der Waals surface area contributed by atoms with Crippen LogP contribution in [0, 0.1) is 0 Å². The summed E-state index contributed by atoms with van der Waals surface area (Å²) in [7, 11) is 1.51. The quantitative estimate of drug-likeness (QED) is 0.373. The molecule has 0 amide bonds. The lowest BCUT2D eigenvalue weighted by Crippen LogP contribution is -2.15. The maximum Gasteiger partial charge on any atom is 0.213 e. The second kappa shape index (κ2) is 7.14. The fraction of sp³-hybridized carbons (Fsp3) is 0.118. The molecule has 21 heavy (non-hydrogen) atoms. The molecular formula is C17H16N2O2. The van der Waals surface area contributed by atoms with Crippen molar-refractivity contribution in [2.45, 2.75) is 6.92 Å². The summed E-state index contributed by atoms with van der Waals surface area (Å²) in [6, 6.07) is 18.3. The van der Waals surface area contributed by atoms with E-state index in [0.29, 0.717) is 17.2 Å². The lowest BCUT2D eigenvalue weighted by molar-refractivity contribution is 0.106. The van der Waals surface area contributed by atoms with Crippen molar-refractivity contribution in [3.63, 3.8) is 0 Å². The standard InChI is InChI=1S/C17H16N2O2/c1-13(21-2)18-19-16(14-9-5-3-6-10-14)17(20)15-11-7-4-8-12-15/h3-12H,1-2H3/b18-13-,19-16+. The second-order valence-corrected chi connectivity index (χ2v) is 4.33. The molecule has 4 heteroatoms. The molecule has 0 heterocycles. The van der Waals surface area contributed by atoms with Gasteiger partial charge < -0.3 is 4.74 Å². The molecule has 0 fully saturated rings. The molecule has 0 saturated carbocycles. The molecule has 0 saturated heterocycles. The highest BCUT2D eigenvalue weighted by Gasteiger charge is 2.16. The molecule has 0 aliphatic heterocycles. The van der Waals surface area contributed by atoms with Gasteiger partial charge in [0.15, 0.2) is 0 Å². The Labute approximate surface area is 123 Å². The molecule has 0 bridgehead atoms. The fourth-order valence-corrected chi connectivity index (χ4v) is 1.72. The number of hydrogen-bond acceptors (Lipinski definition) is 4. The number of methoxy groups -OCH3 is 1. The molecule has 0 N–H and O–H groups in total. The summed E-state index contributed by atoms with van der Waals surface area (Å²) < 4.78 is 4.95. The number of rotatable bonds is 4. The van der Waals surface area contributed by atoms with Gasteiger partial charge in [-0.05, 0) is 0 Å². The van der Waals surface area contributed by atoms with Crippen LogP contribution in [0.15, 0.2) is 70.9 Å². The van der Waals surface area contributed by atoms with Crippen LogP contribution in [0.3, 0.4) is 0 Å². The molecule has 0 aromatic heterocycles. The van der Waals surface area contributed by atoms with Gasteiger partial charge in [-0.2, -0.15) is 0 Å². The molecule has 4 nitrogen and oxygen atoms in total. The highest BCUT2D eigenvalue weighted by atomic mass is 16.5. The van der Waals surface area contributed by atoms with Crippen molar-refractivity contribution >= 4 is 17.4 Å². The molecule has 0 aliphatic rings. The van der Waals surface area contributed by atoms with Gasteiger partial charge in [-0.25, -0.2) is 0 Å². The summed E-state index contributed by atoms with van der Waals surface area (Å²) in [6.07, 6.45) is 0. The van der Waals surface area contributed by atoms with Crippen molar-refractivity contribution < 1.29 is 9.53 Å². The van der Waals surface area contributed by atoms with Crippen molar-refractivity contribution in [3.8, 4) is 0 Å². The lowest BCUT2D eigenvalue weighted by atomic mass is 10.0. The molecule has 106 valence electrons. The van der Waals surface area contributed by atoms with Crippen molar-refractivity contribution in [2.75, 3.05) is 7.11 Å². The van der Waals surface area contributed by atoms with E-state index in [1.54, 1.807) is 19.1 Å². The number of benzene rings is 2. The van der Waals surface area contributed by atoms with Crippen molar-refractivity contribution in [1.82, 2.24) is 0 Å². The highest BCUT2D eigenvalue weighted by molar-refractivity contribution is 6.51. The van der Waals surface area contributed by atoms with Crippen LogP contribution >= 0.6 is 0 Å². The zero-order valence-electron chi connectivity index (χ0n) is 12.0. The monoisotopic (exact) mass is 280 g/mol. The Morgan fingerprint density at radius 1 is 0.857 bits per heavy atom. The molecular weight excluding hydrogens is 264 g/mol.